The third-order valence-corrected chi connectivity index (χ3v) is 10.5. The van der Waals surface area contributed by atoms with E-state index in [4.69, 9.17) is 9.97 Å². The van der Waals surface area contributed by atoms with Gasteiger partial charge in [0.25, 0.3) is 0 Å². The summed E-state index contributed by atoms with van der Waals surface area (Å²) in [7, 11) is 0. The Morgan fingerprint density at radius 2 is 0.981 bits per heavy atom. The molecule has 0 radical (unpaired) electrons. The summed E-state index contributed by atoms with van der Waals surface area (Å²) in [5.74, 6) is 0.635. The van der Waals surface area contributed by atoms with Gasteiger partial charge in [0.15, 0.2) is 0 Å². The Balaban J connectivity index is 1.32. The van der Waals surface area contributed by atoms with Crippen LogP contribution in [-0.2, 0) is 0 Å². The molecule has 0 saturated carbocycles. The molecule has 11 aromatic rings. The number of para-hydroxylation sites is 3. The van der Waals surface area contributed by atoms with Crippen LogP contribution >= 0.6 is 0 Å². The van der Waals surface area contributed by atoms with Gasteiger partial charge in [0, 0.05) is 55.6 Å². The van der Waals surface area contributed by atoms with Crippen molar-refractivity contribution < 1.29 is 0 Å². The zero-order valence-corrected chi connectivity index (χ0v) is 28.6. The van der Waals surface area contributed by atoms with E-state index < -0.39 is 0 Å². The van der Waals surface area contributed by atoms with Crippen LogP contribution in [-0.4, -0.2) is 23.7 Å². The van der Waals surface area contributed by atoms with Crippen molar-refractivity contribution in [2.75, 3.05) is 0 Å². The number of hydrogen-bond acceptors (Lipinski definition) is 2. The third kappa shape index (κ3) is 4.57. The quantitative estimate of drug-likeness (QED) is 0.182. The Hall–Kier alpha value is -7.24. The zero-order valence-electron chi connectivity index (χ0n) is 28.6. The highest BCUT2D eigenvalue weighted by atomic mass is 15.2. The van der Waals surface area contributed by atoms with Crippen molar-refractivity contribution in [1.29, 1.82) is 0 Å². The van der Waals surface area contributed by atoms with E-state index in [2.05, 4.69) is 190 Å². The summed E-state index contributed by atoms with van der Waals surface area (Å²) < 4.78 is 6.97. The van der Waals surface area contributed by atoms with Crippen LogP contribution in [0.15, 0.2) is 188 Å². The van der Waals surface area contributed by atoms with Crippen molar-refractivity contribution in [3.63, 3.8) is 0 Å². The Kier molecular flexibility index (Phi) is 6.48. The van der Waals surface area contributed by atoms with E-state index in [1.54, 1.807) is 0 Å². The predicted molar refractivity (Wildman–Crippen MR) is 218 cm³/mol. The van der Waals surface area contributed by atoms with E-state index >= 15 is 0 Å². The summed E-state index contributed by atoms with van der Waals surface area (Å²) in [5.41, 5.74) is 11.7. The molecule has 0 bridgehead atoms. The van der Waals surface area contributed by atoms with Gasteiger partial charge >= 0.3 is 0 Å². The van der Waals surface area contributed by atoms with Crippen molar-refractivity contribution in [3.8, 4) is 39.8 Å². The Morgan fingerprint density at radius 1 is 0.377 bits per heavy atom. The maximum atomic E-state index is 5.40. The van der Waals surface area contributed by atoms with Crippen LogP contribution in [0.5, 0.6) is 0 Å². The van der Waals surface area contributed by atoms with Crippen LogP contribution in [0, 0.1) is 0 Å². The molecule has 11 rings (SSSR count). The van der Waals surface area contributed by atoms with Crippen molar-refractivity contribution in [2.24, 2.45) is 0 Å². The molecule has 7 aromatic carbocycles. The Morgan fingerprint density at radius 3 is 1.66 bits per heavy atom. The summed E-state index contributed by atoms with van der Waals surface area (Å²) in [4.78, 5) is 10.8. The van der Waals surface area contributed by atoms with Crippen LogP contribution in [0.1, 0.15) is 0 Å². The molecule has 4 heterocycles. The molecule has 0 atom stereocenters. The van der Waals surface area contributed by atoms with Crippen molar-refractivity contribution in [3.05, 3.63) is 188 Å². The second-order valence-electron chi connectivity index (χ2n) is 13.5. The molecule has 0 aliphatic rings. The van der Waals surface area contributed by atoms with E-state index in [1.165, 1.54) is 10.8 Å². The molecule has 0 aliphatic heterocycles. The molecular weight excluding hydrogens is 647 g/mol. The summed E-state index contributed by atoms with van der Waals surface area (Å²) >= 11 is 0. The molecular formula is C48H31N5. The highest BCUT2D eigenvalue weighted by molar-refractivity contribution is 6.27. The van der Waals surface area contributed by atoms with E-state index in [-0.39, 0.29) is 0 Å². The normalized spacial score (nSPS) is 11.8. The van der Waals surface area contributed by atoms with Gasteiger partial charge in [-0.3, -0.25) is 4.57 Å². The molecule has 0 aliphatic carbocycles. The largest absolute Gasteiger partial charge is 0.317 e. The fourth-order valence-corrected chi connectivity index (χ4v) is 8.11. The first kappa shape index (κ1) is 29.5. The highest BCUT2D eigenvalue weighted by Crippen LogP contribution is 2.43. The second-order valence-corrected chi connectivity index (χ2v) is 13.5. The number of benzene rings is 7. The van der Waals surface area contributed by atoms with Crippen LogP contribution in [0.4, 0.5) is 0 Å². The number of rotatable bonds is 5. The average Bonchev–Trinajstić information content (AvgIpc) is 3.91. The molecule has 0 N–H and O–H groups in total. The van der Waals surface area contributed by atoms with Crippen LogP contribution < -0.4 is 0 Å². The van der Waals surface area contributed by atoms with Gasteiger partial charge in [-0.05, 0) is 60.7 Å². The molecule has 248 valence electrons. The fourth-order valence-electron chi connectivity index (χ4n) is 8.11. The van der Waals surface area contributed by atoms with Gasteiger partial charge in [-0.25, -0.2) is 9.97 Å². The molecule has 0 saturated heterocycles. The molecule has 5 heteroatoms. The molecule has 4 aromatic heterocycles. The monoisotopic (exact) mass is 677 g/mol. The minimum Gasteiger partial charge on any atom is -0.317 e. The number of aromatic nitrogens is 5. The van der Waals surface area contributed by atoms with Crippen molar-refractivity contribution >= 4 is 54.5 Å². The average molecular weight is 678 g/mol. The van der Waals surface area contributed by atoms with Crippen LogP contribution in [0.2, 0.25) is 0 Å². The summed E-state index contributed by atoms with van der Waals surface area (Å²) in [5, 5.41) is 5.81. The van der Waals surface area contributed by atoms with Gasteiger partial charge in [0.05, 0.1) is 39.0 Å². The van der Waals surface area contributed by atoms with Gasteiger partial charge in [-0.15, -0.1) is 0 Å². The van der Waals surface area contributed by atoms with Gasteiger partial charge < -0.3 is 9.13 Å². The van der Waals surface area contributed by atoms with Gasteiger partial charge in [0.1, 0.15) is 0 Å². The van der Waals surface area contributed by atoms with Crippen molar-refractivity contribution in [2.45, 2.75) is 0 Å². The lowest BCUT2D eigenvalue weighted by atomic mass is 10.1. The third-order valence-electron chi connectivity index (χ3n) is 10.5. The standard InChI is InChI=1S/C48H31N5/c1-5-15-32(16-6-1)40-31-41(33-17-7-2-8-18-33)50-48(49-40)53-45-29-34-27-28-51(35-19-9-3-10-20-35)44(34)30-39(45)37-25-26-43-46(47(37)53)38-23-13-14-24-42(38)52(43)36-21-11-4-12-22-36/h1-31H. The molecule has 5 nitrogen and oxygen atoms in total. The summed E-state index contributed by atoms with van der Waals surface area (Å²) in [6.45, 7) is 0. The highest BCUT2D eigenvalue weighted by Gasteiger charge is 2.23. The minimum atomic E-state index is 0.635. The lowest BCUT2D eigenvalue weighted by Gasteiger charge is -2.13. The topological polar surface area (TPSA) is 40.6 Å². The molecule has 0 amide bonds. The first-order valence-corrected chi connectivity index (χ1v) is 17.9. The maximum Gasteiger partial charge on any atom is 0.235 e. The van der Waals surface area contributed by atoms with E-state index in [0.717, 1.165) is 77.6 Å². The molecule has 53 heavy (non-hydrogen) atoms. The number of nitrogens with zero attached hydrogens (tertiary/aromatic N) is 5. The van der Waals surface area contributed by atoms with Gasteiger partial charge in [-0.2, -0.15) is 0 Å². The lowest BCUT2D eigenvalue weighted by Crippen LogP contribution is -2.04. The summed E-state index contributed by atoms with van der Waals surface area (Å²) in [6, 6.07) is 64.3. The van der Waals surface area contributed by atoms with Crippen molar-refractivity contribution in [1.82, 2.24) is 23.7 Å². The second kappa shape index (κ2) is 11.7. The number of fused-ring (bicyclic) bond motifs is 8. The maximum absolute atomic E-state index is 5.40. The van der Waals surface area contributed by atoms with E-state index in [0.29, 0.717) is 5.95 Å². The first-order valence-electron chi connectivity index (χ1n) is 17.9. The van der Waals surface area contributed by atoms with Gasteiger partial charge in [-0.1, -0.05) is 121 Å². The van der Waals surface area contributed by atoms with Gasteiger partial charge in [0.2, 0.25) is 5.95 Å². The predicted octanol–water partition coefficient (Wildman–Crippen LogP) is 11.9. The smallest absolute Gasteiger partial charge is 0.235 e. The first-order chi connectivity index (χ1) is 26.3. The number of hydrogen-bond donors (Lipinski definition) is 0. The van der Waals surface area contributed by atoms with Crippen LogP contribution in [0.3, 0.4) is 0 Å². The zero-order chi connectivity index (χ0) is 34.9. The van der Waals surface area contributed by atoms with E-state index in [1.807, 2.05) is 12.1 Å². The Bertz CT molecular complexity index is 3080. The fraction of sp³-hybridized carbons (Fsp3) is 0. The molecule has 0 fully saturated rings. The summed E-state index contributed by atoms with van der Waals surface area (Å²) in [6.07, 6.45) is 2.16. The molecule has 0 unspecified atom stereocenters. The SMILES string of the molecule is c1ccc(-c2cc(-c3ccccc3)nc(-n3c4cc5ccn(-c6ccccc6)c5cc4c4ccc5c(c6ccccc6n5-c5ccccc5)c43)n2)cc1. The minimum absolute atomic E-state index is 0.635. The van der Waals surface area contributed by atoms with Crippen LogP contribution in [0.25, 0.3) is 94.4 Å². The molecule has 0 spiro atoms. The lowest BCUT2D eigenvalue weighted by molar-refractivity contribution is 0.998. The Labute approximate surface area is 305 Å². The van der Waals surface area contributed by atoms with E-state index in [9.17, 15) is 0 Å².